The Bertz CT molecular complexity index is 899. The summed E-state index contributed by atoms with van der Waals surface area (Å²) in [6, 6.07) is 4.92. The first-order chi connectivity index (χ1) is 16.1. The summed E-state index contributed by atoms with van der Waals surface area (Å²) in [7, 11) is 0. The van der Waals surface area contributed by atoms with E-state index in [9.17, 15) is 29.1 Å². The molecule has 1 aliphatic heterocycles. The SMILES string of the molecule is NC(=O)CCC(N)C(=O)NC(Cc1ccccc1)C(=O)N1CCCC1C(=O)NC(CS)C(=O)O. The number of nitrogens with two attached hydrogens (primary N) is 2. The third-order valence-corrected chi connectivity index (χ3v) is 5.94. The van der Waals surface area contributed by atoms with Gasteiger partial charge in [-0.3, -0.25) is 19.2 Å². The van der Waals surface area contributed by atoms with Crippen LogP contribution in [0.2, 0.25) is 0 Å². The Morgan fingerprint density at radius 3 is 2.38 bits per heavy atom. The molecule has 1 heterocycles. The van der Waals surface area contributed by atoms with Crippen molar-refractivity contribution in [1.82, 2.24) is 15.5 Å². The lowest BCUT2D eigenvalue weighted by Gasteiger charge is -2.30. The Morgan fingerprint density at radius 1 is 1.12 bits per heavy atom. The molecule has 2 rings (SSSR count). The first kappa shape index (κ1) is 27.1. The normalized spacial score (nSPS) is 17.9. The highest BCUT2D eigenvalue weighted by atomic mass is 32.1. The van der Waals surface area contributed by atoms with Crippen LogP contribution >= 0.6 is 12.6 Å². The number of hydrogen-bond donors (Lipinski definition) is 6. The van der Waals surface area contributed by atoms with Gasteiger partial charge in [-0.05, 0) is 24.8 Å². The lowest BCUT2D eigenvalue weighted by molar-refractivity contribution is -0.144. The number of nitrogens with one attached hydrogen (secondary N) is 2. The van der Waals surface area contributed by atoms with Crippen LogP contribution in [0.3, 0.4) is 0 Å². The number of amides is 4. The maximum Gasteiger partial charge on any atom is 0.327 e. The number of aliphatic carboxylic acids is 1. The number of carboxylic acid groups (broad SMARTS) is 1. The molecule has 1 saturated heterocycles. The molecule has 1 aromatic carbocycles. The summed E-state index contributed by atoms with van der Waals surface area (Å²) < 4.78 is 0. The monoisotopic (exact) mass is 493 g/mol. The molecule has 0 spiro atoms. The van der Waals surface area contributed by atoms with Crippen LogP contribution in [-0.4, -0.2) is 76.1 Å². The average molecular weight is 494 g/mol. The Kier molecular flexibility index (Phi) is 10.3. The van der Waals surface area contributed by atoms with Crippen molar-refractivity contribution in [3.05, 3.63) is 35.9 Å². The van der Waals surface area contributed by atoms with E-state index in [1.807, 2.05) is 6.07 Å². The largest absolute Gasteiger partial charge is 0.480 e. The van der Waals surface area contributed by atoms with Crippen LogP contribution in [0, 0.1) is 0 Å². The number of likely N-dealkylation sites (tertiary alicyclic amines) is 1. The molecule has 1 aromatic rings. The highest BCUT2D eigenvalue weighted by Crippen LogP contribution is 2.20. The highest BCUT2D eigenvalue weighted by Gasteiger charge is 2.39. The Hall–Kier alpha value is -3.12. The van der Waals surface area contributed by atoms with E-state index < -0.39 is 53.8 Å². The minimum absolute atomic E-state index is 0.0302. The van der Waals surface area contributed by atoms with Crippen LogP contribution in [0.25, 0.3) is 0 Å². The van der Waals surface area contributed by atoms with Crippen molar-refractivity contribution >= 4 is 42.2 Å². The molecule has 4 unspecified atom stereocenters. The van der Waals surface area contributed by atoms with Crippen molar-refractivity contribution in [3.8, 4) is 0 Å². The second-order valence-corrected chi connectivity index (χ2v) is 8.50. The zero-order valence-electron chi connectivity index (χ0n) is 18.7. The average Bonchev–Trinajstić information content (AvgIpc) is 3.30. The van der Waals surface area contributed by atoms with Crippen molar-refractivity contribution < 1.29 is 29.1 Å². The van der Waals surface area contributed by atoms with Crippen LogP contribution in [0.15, 0.2) is 30.3 Å². The molecule has 1 fully saturated rings. The van der Waals surface area contributed by atoms with E-state index in [0.717, 1.165) is 5.56 Å². The summed E-state index contributed by atoms with van der Waals surface area (Å²) in [6.45, 7) is 0.282. The molecule has 1 aliphatic rings. The van der Waals surface area contributed by atoms with Gasteiger partial charge in [-0.25, -0.2) is 4.79 Å². The molecule has 4 amide bonds. The zero-order valence-corrected chi connectivity index (χ0v) is 19.6. The number of carboxylic acids is 1. The van der Waals surface area contributed by atoms with E-state index in [1.165, 1.54) is 4.90 Å². The van der Waals surface area contributed by atoms with Gasteiger partial charge in [0.15, 0.2) is 0 Å². The van der Waals surface area contributed by atoms with Gasteiger partial charge in [0, 0.05) is 25.1 Å². The van der Waals surface area contributed by atoms with E-state index in [1.54, 1.807) is 24.3 Å². The van der Waals surface area contributed by atoms with Gasteiger partial charge in [-0.15, -0.1) is 0 Å². The van der Waals surface area contributed by atoms with E-state index >= 15 is 0 Å². The standard InChI is InChI=1S/C22H31N5O6S/c23-14(8-9-18(24)28)19(29)25-15(11-13-5-2-1-3-6-13)21(31)27-10-4-7-17(27)20(30)26-16(12-34)22(32)33/h1-3,5-6,14-17,34H,4,7-12,23H2,(H2,24,28)(H,25,29)(H,26,30)(H,32,33). The molecule has 11 nitrogen and oxygen atoms in total. The molecular formula is C22H31N5O6S. The Balaban J connectivity index is 2.18. The highest BCUT2D eigenvalue weighted by molar-refractivity contribution is 7.80. The number of carbonyl (C=O) groups excluding carboxylic acids is 4. The van der Waals surface area contributed by atoms with Crippen LogP contribution in [0.1, 0.15) is 31.2 Å². The van der Waals surface area contributed by atoms with Gasteiger partial charge >= 0.3 is 5.97 Å². The zero-order chi connectivity index (χ0) is 25.3. The molecule has 34 heavy (non-hydrogen) atoms. The van der Waals surface area contributed by atoms with Gasteiger partial charge < -0.3 is 32.1 Å². The number of primary amides is 1. The van der Waals surface area contributed by atoms with Crippen molar-refractivity contribution in [1.29, 1.82) is 0 Å². The van der Waals surface area contributed by atoms with Gasteiger partial charge in [0.1, 0.15) is 18.1 Å². The van der Waals surface area contributed by atoms with E-state index in [-0.39, 0.29) is 31.6 Å². The fourth-order valence-electron chi connectivity index (χ4n) is 3.71. The summed E-state index contributed by atoms with van der Waals surface area (Å²) in [5.41, 5.74) is 11.8. The topological polar surface area (TPSA) is 185 Å². The van der Waals surface area contributed by atoms with Crippen molar-refractivity contribution in [2.24, 2.45) is 11.5 Å². The minimum atomic E-state index is -1.22. The Morgan fingerprint density at radius 2 is 1.79 bits per heavy atom. The first-order valence-electron chi connectivity index (χ1n) is 11.0. The summed E-state index contributed by atoms with van der Waals surface area (Å²) in [4.78, 5) is 62.5. The predicted octanol–water partition coefficient (Wildman–Crippen LogP) is -1.20. The van der Waals surface area contributed by atoms with Crippen LogP contribution in [-0.2, 0) is 30.4 Å². The molecule has 0 saturated carbocycles. The van der Waals surface area contributed by atoms with Crippen LogP contribution in [0.5, 0.6) is 0 Å². The summed E-state index contributed by atoms with van der Waals surface area (Å²) in [6.07, 6.45) is 1.03. The van der Waals surface area contributed by atoms with E-state index in [0.29, 0.717) is 12.8 Å². The van der Waals surface area contributed by atoms with Gasteiger partial charge in [-0.1, -0.05) is 30.3 Å². The summed E-state index contributed by atoms with van der Waals surface area (Å²) >= 11 is 3.95. The third-order valence-electron chi connectivity index (χ3n) is 5.57. The fourth-order valence-corrected chi connectivity index (χ4v) is 3.96. The molecular weight excluding hydrogens is 462 g/mol. The molecule has 0 radical (unpaired) electrons. The number of hydrogen-bond acceptors (Lipinski definition) is 7. The fraction of sp³-hybridized carbons (Fsp3) is 0.500. The number of nitrogens with zero attached hydrogens (tertiary/aromatic N) is 1. The quantitative estimate of drug-likeness (QED) is 0.197. The number of thiol groups is 1. The number of rotatable bonds is 12. The number of benzene rings is 1. The molecule has 4 atom stereocenters. The summed E-state index contributed by atoms with van der Waals surface area (Å²) in [5, 5.41) is 14.2. The van der Waals surface area contributed by atoms with E-state index in [4.69, 9.17) is 11.5 Å². The van der Waals surface area contributed by atoms with Gasteiger partial charge in [-0.2, -0.15) is 12.6 Å². The van der Waals surface area contributed by atoms with Crippen LogP contribution < -0.4 is 22.1 Å². The second kappa shape index (κ2) is 12.9. The molecule has 186 valence electrons. The predicted molar refractivity (Wildman–Crippen MR) is 127 cm³/mol. The maximum atomic E-state index is 13.5. The summed E-state index contributed by atoms with van der Waals surface area (Å²) in [5.74, 6) is -3.59. The van der Waals surface area contributed by atoms with Gasteiger partial charge in [0.2, 0.25) is 23.6 Å². The molecule has 0 aliphatic carbocycles. The van der Waals surface area contributed by atoms with Crippen LogP contribution in [0.4, 0.5) is 0 Å². The molecule has 0 bridgehead atoms. The lowest BCUT2D eigenvalue weighted by Crippen LogP contribution is -2.57. The maximum absolute atomic E-state index is 13.5. The second-order valence-electron chi connectivity index (χ2n) is 8.13. The van der Waals surface area contributed by atoms with Crippen molar-refractivity contribution in [2.75, 3.05) is 12.3 Å². The molecule has 7 N–H and O–H groups in total. The van der Waals surface area contributed by atoms with Crippen molar-refractivity contribution in [3.63, 3.8) is 0 Å². The van der Waals surface area contributed by atoms with E-state index in [2.05, 4.69) is 23.3 Å². The molecule has 12 heteroatoms. The third kappa shape index (κ3) is 7.73. The van der Waals surface area contributed by atoms with Gasteiger partial charge in [0.05, 0.1) is 6.04 Å². The molecule has 0 aromatic heterocycles. The first-order valence-corrected chi connectivity index (χ1v) is 11.6. The lowest BCUT2D eigenvalue weighted by atomic mass is 10.0. The number of carbonyl (C=O) groups is 5. The smallest absolute Gasteiger partial charge is 0.327 e. The van der Waals surface area contributed by atoms with Crippen molar-refractivity contribution in [2.45, 2.75) is 56.3 Å². The minimum Gasteiger partial charge on any atom is -0.480 e. The Labute approximate surface area is 203 Å². The van der Waals surface area contributed by atoms with Gasteiger partial charge in [0.25, 0.3) is 0 Å².